The number of para-hydroxylation sites is 1. The normalized spacial score (nSPS) is 22.2. The van der Waals surface area contributed by atoms with Crippen LogP contribution in [-0.4, -0.2) is 48.7 Å². The SMILES string of the molecule is CC1C(=O)Nc2ccc(CCN3CCN(c4noc5ccccc45)CC3)cc2C1C. The van der Waals surface area contributed by atoms with E-state index in [2.05, 4.69) is 51.5 Å². The molecule has 5 rings (SSSR count). The average Bonchev–Trinajstić information content (AvgIpc) is 3.21. The second-order valence-electron chi connectivity index (χ2n) is 8.57. The summed E-state index contributed by atoms with van der Waals surface area (Å²) in [5.41, 5.74) is 4.43. The van der Waals surface area contributed by atoms with Crippen LogP contribution in [0.5, 0.6) is 0 Å². The maximum atomic E-state index is 12.0. The van der Waals surface area contributed by atoms with Gasteiger partial charge < -0.3 is 14.7 Å². The molecule has 2 unspecified atom stereocenters. The van der Waals surface area contributed by atoms with Crippen molar-refractivity contribution in [3.8, 4) is 0 Å². The monoisotopic (exact) mass is 404 g/mol. The van der Waals surface area contributed by atoms with Gasteiger partial charge in [0, 0.05) is 44.3 Å². The summed E-state index contributed by atoms with van der Waals surface area (Å²) in [6, 6.07) is 14.6. The zero-order chi connectivity index (χ0) is 20.7. The van der Waals surface area contributed by atoms with E-state index in [1.54, 1.807) is 0 Å². The number of benzene rings is 2. The summed E-state index contributed by atoms with van der Waals surface area (Å²) in [5, 5.41) is 8.43. The van der Waals surface area contributed by atoms with Crippen molar-refractivity contribution in [1.82, 2.24) is 10.1 Å². The Bertz CT molecular complexity index is 1070. The molecule has 1 aromatic heterocycles. The van der Waals surface area contributed by atoms with Crippen LogP contribution in [0.3, 0.4) is 0 Å². The number of fused-ring (bicyclic) bond motifs is 2. The van der Waals surface area contributed by atoms with Crippen molar-refractivity contribution in [3.05, 3.63) is 53.6 Å². The average molecular weight is 405 g/mol. The number of carbonyl (C=O) groups excluding carboxylic acids is 1. The molecule has 156 valence electrons. The van der Waals surface area contributed by atoms with E-state index in [0.29, 0.717) is 0 Å². The first-order valence-corrected chi connectivity index (χ1v) is 10.9. The summed E-state index contributed by atoms with van der Waals surface area (Å²) in [5.74, 6) is 1.37. The molecule has 2 aliphatic heterocycles. The Morgan fingerprint density at radius 3 is 2.70 bits per heavy atom. The number of nitrogens with one attached hydrogen (secondary N) is 1. The van der Waals surface area contributed by atoms with Gasteiger partial charge in [-0.2, -0.15) is 0 Å². The Kier molecular flexibility index (Phi) is 4.95. The lowest BCUT2D eigenvalue weighted by atomic mass is 9.83. The zero-order valence-corrected chi connectivity index (χ0v) is 17.6. The van der Waals surface area contributed by atoms with E-state index in [-0.39, 0.29) is 17.7 Å². The highest BCUT2D eigenvalue weighted by Crippen LogP contribution is 2.36. The summed E-state index contributed by atoms with van der Waals surface area (Å²) < 4.78 is 5.47. The first kappa shape index (κ1) is 19.1. The Morgan fingerprint density at radius 1 is 1.07 bits per heavy atom. The minimum absolute atomic E-state index is 0.0217. The van der Waals surface area contributed by atoms with E-state index in [0.717, 1.165) is 61.6 Å². The van der Waals surface area contributed by atoms with E-state index in [1.165, 1.54) is 11.1 Å². The van der Waals surface area contributed by atoms with Gasteiger partial charge in [0.15, 0.2) is 11.4 Å². The second-order valence-corrected chi connectivity index (χ2v) is 8.57. The highest BCUT2D eigenvalue weighted by molar-refractivity contribution is 5.96. The maximum absolute atomic E-state index is 12.0. The fraction of sp³-hybridized carbons (Fsp3) is 0.417. The lowest BCUT2D eigenvalue weighted by Gasteiger charge is -2.35. The molecule has 0 saturated carbocycles. The Balaban J connectivity index is 1.19. The van der Waals surface area contributed by atoms with E-state index < -0.39 is 0 Å². The van der Waals surface area contributed by atoms with E-state index in [9.17, 15) is 4.79 Å². The van der Waals surface area contributed by atoms with Crippen LogP contribution in [0, 0.1) is 5.92 Å². The third-order valence-corrected chi connectivity index (χ3v) is 6.77. The lowest BCUT2D eigenvalue weighted by Crippen LogP contribution is -2.47. The molecule has 0 bridgehead atoms. The number of piperazine rings is 1. The zero-order valence-electron chi connectivity index (χ0n) is 17.6. The smallest absolute Gasteiger partial charge is 0.227 e. The van der Waals surface area contributed by atoms with Gasteiger partial charge >= 0.3 is 0 Å². The molecule has 1 amide bonds. The molecule has 1 fully saturated rings. The molecule has 0 radical (unpaired) electrons. The highest BCUT2D eigenvalue weighted by Gasteiger charge is 2.29. The number of hydrogen-bond acceptors (Lipinski definition) is 5. The van der Waals surface area contributed by atoms with Gasteiger partial charge in [0.05, 0.1) is 5.39 Å². The molecule has 0 spiro atoms. The first-order valence-electron chi connectivity index (χ1n) is 10.9. The van der Waals surface area contributed by atoms with Crippen LogP contribution in [0.1, 0.15) is 30.9 Å². The Morgan fingerprint density at radius 2 is 1.87 bits per heavy atom. The van der Waals surface area contributed by atoms with Gasteiger partial charge in [-0.05, 0) is 41.7 Å². The quantitative estimate of drug-likeness (QED) is 0.715. The minimum Gasteiger partial charge on any atom is -0.354 e. The number of carbonyl (C=O) groups is 1. The summed E-state index contributed by atoms with van der Waals surface area (Å²) in [6.07, 6.45) is 1.02. The van der Waals surface area contributed by atoms with Crippen molar-refractivity contribution >= 4 is 28.4 Å². The van der Waals surface area contributed by atoms with Gasteiger partial charge in [0.25, 0.3) is 0 Å². The number of anilines is 2. The van der Waals surface area contributed by atoms with Gasteiger partial charge in [-0.3, -0.25) is 9.69 Å². The van der Waals surface area contributed by atoms with E-state index in [4.69, 9.17) is 4.52 Å². The fourth-order valence-corrected chi connectivity index (χ4v) is 4.57. The number of nitrogens with zero attached hydrogens (tertiary/aromatic N) is 3. The molecule has 3 heterocycles. The van der Waals surface area contributed by atoms with Gasteiger partial charge in [0.1, 0.15) is 0 Å². The molecule has 2 aliphatic rings. The molecule has 30 heavy (non-hydrogen) atoms. The van der Waals surface area contributed by atoms with Crippen molar-refractivity contribution in [1.29, 1.82) is 0 Å². The third kappa shape index (κ3) is 3.45. The molecule has 6 heteroatoms. The summed E-state index contributed by atoms with van der Waals surface area (Å²) in [4.78, 5) is 16.9. The van der Waals surface area contributed by atoms with Crippen molar-refractivity contribution < 1.29 is 9.32 Å². The summed E-state index contributed by atoms with van der Waals surface area (Å²) >= 11 is 0. The van der Waals surface area contributed by atoms with Crippen molar-refractivity contribution in [3.63, 3.8) is 0 Å². The van der Waals surface area contributed by atoms with Crippen LogP contribution in [0.2, 0.25) is 0 Å². The predicted octanol–water partition coefficient (Wildman–Crippen LogP) is 3.88. The highest BCUT2D eigenvalue weighted by atomic mass is 16.5. The molecular formula is C24H28N4O2. The van der Waals surface area contributed by atoms with Gasteiger partial charge in [-0.25, -0.2) is 0 Å². The summed E-state index contributed by atoms with van der Waals surface area (Å²) in [7, 11) is 0. The number of hydrogen-bond donors (Lipinski definition) is 1. The molecular weight excluding hydrogens is 376 g/mol. The Labute approximate surface area is 176 Å². The largest absolute Gasteiger partial charge is 0.354 e. The van der Waals surface area contributed by atoms with Crippen molar-refractivity contribution in [2.24, 2.45) is 5.92 Å². The van der Waals surface area contributed by atoms with Crippen LogP contribution in [0.15, 0.2) is 47.0 Å². The van der Waals surface area contributed by atoms with Crippen LogP contribution in [0.4, 0.5) is 11.5 Å². The molecule has 1 saturated heterocycles. The van der Waals surface area contributed by atoms with Crippen LogP contribution in [0.25, 0.3) is 11.0 Å². The molecule has 2 aromatic carbocycles. The molecule has 2 atom stereocenters. The lowest BCUT2D eigenvalue weighted by molar-refractivity contribution is -0.120. The van der Waals surface area contributed by atoms with Gasteiger partial charge in [-0.15, -0.1) is 0 Å². The van der Waals surface area contributed by atoms with E-state index in [1.807, 2.05) is 25.1 Å². The van der Waals surface area contributed by atoms with Crippen LogP contribution >= 0.6 is 0 Å². The van der Waals surface area contributed by atoms with Crippen molar-refractivity contribution in [2.45, 2.75) is 26.2 Å². The second kappa shape index (κ2) is 7.76. The molecule has 3 aromatic rings. The van der Waals surface area contributed by atoms with Crippen LogP contribution in [-0.2, 0) is 11.2 Å². The maximum Gasteiger partial charge on any atom is 0.227 e. The standard InChI is InChI=1S/C24H28N4O2/c1-16-17(2)24(29)25-21-8-7-18(15-20(16)21)9-10-27-11-13-28(14-12-27)23-19-5-3-4-6-22(19)30-26-23/h3-8,15-17H,9-14H2,1-2H3,(H,25,29). The van der Waals surface area contributed by atoms with Crippen molar-refractivity contribution in [2.75, 3.05) is 42.9 Å². The number of rotatable bonds is 4. The van der Waals surface area contributed by atoms with Crippen LogP contribution < -0.4 is 10.2 Å². The van der Waals surface area contributed by atoms with Gasteiger partial charge in [0.2, 0.25) is 5.91 Å². The van der Waals surface area contributed by atoms with Gasteiger partial charge in [-0.1, -0.05) is 43.3 Å². The van der Waals surface area contributed by atoms with E-state index >= 15 is 0 Å². The molecule has 1 N–H and O–H groups in total. The third-order valence-electron chi connectivity index (χ3n) is 6.77. The molecule has 0 aliphatic carbocycles. The predicted molar refractivity (Wildman–Crippen MR) is 119 cm³/mol. The fourth-order valence-electron chi connectivity index (χ4n) is 4.57. The Hall–Kier alpha value is -2.86. The molecule has 6 nitrogen and oxygen atoms in total. The number of amides is 1. The first-order chi connectivity index (χ1) is 14.6. The topological polar surface area (TPSA) is 61.6 Å². The minimum atomic E-state index is 0.0217. The summed E-state index contributed by atoms with van der Waals surface area (Å²) in [6.45, 7) is 9.17. The number of aromatic nitrogens is 1.